The summed E-state index contributed by atoms with van der Waals surface area (Å²) in [7, 11) is 0. The summed E-state index contributed by atoms with van der Waals surface area (Å²) < 4.78 is 0. The van der Waals surface area contributed by atoms with Gasteiger partial charge in [0.05, 0.1) is 0 Å². The van der Waals surface area contributed by atoms with Crippen LogP contribution in [0.5, 0.6) is 0 Å². The first-order chi connectivity index (χ1) is 7.33. The Morgan fingerprint density at radius 1 is 1.07 bits per heavy atom. The first-order valence-corrected chi connectivity index (χ1v) is 5.19. The van der Waals surface area contributed by atoms with Crippen molar-refractivity contribution in [2.24, 2.45) is 5.73 Å². The van der Waals surface area contributed by atoms with E-state index in [1.807, 2.05) is 31.2 Å². The highest BCUT2D eigenvalue weighted by Crippen LogP contribution is 2.23. The number of allylic oxidation sites excluding steroid dienone is 1. The molecule has 0 bridgehead atoms. The maximum absolute atomic E-state index is 6.08. The van der Waals surface area contributed by atoms with Crippen LogP contribution in [0.3, 0.4) is 0 Å². The molecule has 2 rings (SSSR count). The van der Waals surface area contributed by atoms with Gasteiger partial charge in [0.15, 0.2) is 0 Å². The molecule has 2 aromatic rings. The Morgan fingerprint density at radius 3 is 2.60 bits per heavy atom. The fraction of sp³-hybridized carbons (Fsp3) is 0.143. The highest BCUT2D eigenvalue weighted by molar-refractivity contribution is 5.86. The van der Waals surface area contributed by atoms with E-state index in [9.17, 15) is 0 Å². The van der Waals surface area contributed by atoms with Crippen molar-refractivity contribution in [3.8, 4) is 0 Å². The molecule has 0 aliphatic carbocycles. The minimum Gasteiger partial charge on any atom is -0.321 e. The van der Waals surface area contributed by atoms with Crippen molar-refractivity contribution in [2.75, 3.05) is 0 Å². The van der Waals surface area contributed by atoms with Crippen LogP contribution in [0.15, 0.2) is 54.6 Å². The van der Waals surface area contributed by atoms with Crippen molar-refractivity contribution in [1.82, 2.24) is 0 Å². The van der Waals surface area contributed by atoms with E-state index in [0.717, 1.165) is 0 Å². The Kier molecular flexibility index (Phi) is 2.84. The SMILES string of the molecule is CC=CC(N)c1cccc2ccccc12. The Labute approximate surface area is 90.2 Å². The van der Waals surface area contributed by atoms with Crippen LogP contribution in [0.4, 0.5) is 0 Å². The average Bonchev–Trinajstić information content (AvgIpc) is 2.28. The van der Waals surface area contributed by atoms with Gasteiger partial charge in [0.1, 0.15) is 0 Å². The Balaban J connectivity index is 2.60. The molecule has 0 fully saturated rings. The fourth-order valence-electron chi connectivity index (χ4n) is 1.85. The largest absolute Gasteiger partial charge is 0.321 e. The lowest BCUT2D eigenvalue weighted by Crippen LogP contribution is -2.07. The van der Waals surface area contributed by atoms with E-state index >= 15 is 0 Å². The first-order valence-electron chi connectivity index (χ1n) is 5.19. The minimum absolute atomic E-state index is 0.0129. The van der Waals surface area contributed by atoms with Crippen LogP contribution in [0.1, 0.15) is 18.5 Å². The summed E-state index contributed by atoms with van der Waals surface area (Å²) in [6.07, 6.45) is 4.01. The molecular formula is C14H15N. The zero-order valence-corrected chi connectivity index (χ0v) is 8.85. The normalized spacial score (nSPS) is 13.5. The average molecular weight is 197 g/mol. The molecule has 1 atom stereocenters. The number of benzene rings is 2. The Bertz CT molecular complexity index is 480. The van der Waals surface area contributed by atoms with Crippen molar-refractivity contribution in [3.05, 3.63) is 60.2 Å². The smallest absolute Gasteiger partial charge is 0.0487 e. The molecule has 0 radical (unpaired) electrons. The van der Waals surface area contributed by atoms with E-state index in [4.69, 9.17) is 5.73 Å². The quantitative estimate of drug-likeness (QED) is 0.733. The molecule has 0 saturated carbocycles. The zero-order chi connectivity index (χ0) is 10.7. The molecule has 0 aliphatic heterocycles. The lowest BCUT2D eigenvalue weighted by molar-refractivity contribution is 0.920. The lowest BCUT2D eigenvalue weighted by Gasteiger charge is -2.10. The Morgan fingerprint density at radius 2 is 1.80 bits per heavy atom. The molecule has 15 heavy (non-hydrogen) atoms. The van der Waals surface area contributed by atoms with E-state index in [1.54, 1.807) is 0 Å². The van der Waals surface area contributed by atoms with Crippen LogP contribution in [-0.2, 0) is 0 Å². The molecule has 0 saturated heterocycles. The van der Waals surface area contributed by atoms with Crippen LogP contribution >= 0.6 is 0 Å². The molecule has 76 valence electrons. The van der Waals surface area contributed by atoms with Gasteiger partial charge < -0.3 is 5.73 Å². The van der Waals surface area contributed by atoms with Gasteiger partial charge in [-0.15, -0.1) is 0 Å². The molecule has 0 aromatic heterocycles. The summed E-state index contributed by atoms with van der Waals surface area (Å²) in [5, 5.41) is 2.49. The maximum Gasteiger partial charge on any atom is 0.0487 e. The van der Waals surface area contributed by atoms with Crippen LogP contribution in [0, 0.1) is 0 Å². The number of hydrogen-bond acceptors (Lipinski definition) is 1. The van der Waals surface area contributed by atoms with Gasteiger partial charge in [0.2, 0.25) is 0 Å². The molecule has 0 spiro atoms. The predicted molar refractivity (Wildman–Crippen MR) is 65.7 cm³/mol. The van der Waals surface area contributed by atoms with E-state index < -0.39 is 0 Å². The molecule has 0 amide bonds. The topological polar surface area (TPSA) is 26.0 Å². The van der Waals surface area contributed by atoms with Gasteiger partial charge in [0.25, 0.3) is 0 Å². The number of rotatable bonds is 2. The van der Waals surface area contributed by atoms with E-state index in [2.05, 4.69) is 30.3 Å². The van der Waals surface area contributed by atoms with E-state index in [0.29, 0.717) is 0 Å². The summed E-state index contributed by atoms with van der Waals surface area (Å²) >= 11 is 0. The summed E-state index contributed by atoms with van der Waals surface area (Å²) in [5.74, 6) is 0. The van der Waals surface area contributed by atoms with Crippen molar-refractivity contribution in [2.45, 2.75) is 13.0 Å². The van der Waals surface area contributed by atoms with Gasteiger partial charge in [-0.2, -0.15) is 0 Å². The molecule has 2 N–H and O–H groups in total. The number of fused-ring (bicyclic) bond motifs is 1. The second-order valence-corrected chi connectivity index (χ2v) is 3.62. The third kappa shape index (κ3) is 1.92. The van der Waals surface area contributed by atoms with Gasteiger partial charge in [-0.3, -0.25) is 0 Å². The molecule has 0 heterocycles. The van der Waals surface area contributed by atoms with Gasteiger partial charge in [-0.1, -0.05) is 54.6 Å². The second kappa shape index (κ2) is 4.28. The maximum atomic E-state index is 6.08. The van der Waals surface area contributed by atoms with Crippen LogP contribution < -0.4 is 5.73 Å². The van der Waals surface area contributed by atoms with E-state index in [-0.39, 0.29) is 6.04 Å². The standard InChI is InChI=1S/C14H15N/c1-2-6-14(15)13-10-5-8-11-7-3-4-9-12(11)13/h2-10,14H,15H2,1H3. The summed E-state index contributed by atoms with van der Waals surface area (Å²) in [4.78, 5) is 0. The summed E-state index contributed by atoms with van der Waals surface area (Å²) in [5.41, 5.74) is 7.27. The van der Waals surface area contributed by atoms with Gasteiger partial charge in [-0.25, -0.2) is 0 Å². The molecule has 0 aliphatic rings. The summed E-state index contributed by atoms with van der Waals surface area (Å²) in [6.45, 7) is 1.99. The predicted octanol–water partition coefficient (Wildman–Crippen LogP) is 3.42. The van der Waals surface area contributed by atoms with Crippen LogP contribution in [0.2, 0.25) is 0 Å². The summed E-state index contributed by atoms with van der Waals surface area (Å²) in [6, 6.07) is 14.6. The zero-order valence-electron chi connectivity index (χ0n) is 8.85. The van der Waals surface area contributed by atoms with Gasteiger partial charge >= 0.3 is 0 Å². The second-order valence-electron chi connectivity index (χ2n) is 3.62. The monoisotopic (exact) mass is 197 g/mol. The van der Waals surface area contributed by atoms with Crippen LogP contribution in [-0.4, -0.2) is 0 Å². The lowest BCUT2D eigenvalue weighted by atomic mass is 9.99. The minimum atomic E-state index is -0.0129. The third-order valence-electron chi connectivity index (χ3n) is 2.58. The van der Waals surface area contributed by atoms with Gasteiger partial charge in [-0.05, 0) is 23.3 Å². The number of nitrogens with two attached hydrogens (primary N) is 1. The molecular weight excluding hydrogens is 182 g/mol. The van der Waals surface area contributed by atoms with Crippen molar-refractivity contribution < 1.29 is 0 Å². The van der Waals surface area contributed by atoms with E-state index in [1.165, 1.54) is 16.3 Å². The van der Waals surface area contributed by atoms with Crippen molar-refractivity contribution in [3.63, 3.8) is 0 Å². The van der Waals surface area contributed by atoms with Crippen LogP contribution in [0.25, 0.3) is 10.8 Å². The highest BCUT2D eigenvalue weighted by Gasteiger charge is 2.05. The van der Waals surface area contributed by atoms with Crippen molar-refractivity contribution in [1.29, 1.82) is 0 Å². The number of hydrogen-bond donors (Lipinski definition) is 1. The molecule has 1 unspecified atom stereocenters. The molecule has 1 heteroatoms. The Hall–Kier alpha value is -1.60. The molecule has 2 aromatic carbocycles. The molecule has 1 nitrogen and oxygen atoms in total. The first kappa shape index (κ1) is 9.94. The fourth-order valence-corrected chi connectivity index (χ4v) is 1.85. The van der Waals surface area contributed by atoms with Gasteiger partial charge in [0, 0.05) is 6.04 Å². The highest BCUT2D eigenvalue weighted by atomic mass is 14.6. The third-order valence-corrected chi connectivity index (χ3v) is 2.58. The van der Waals surface area contributed by atoms with Crippen molar-refractivity contribution >= 4 is 10.8 Å².